The van der Waals surface area contributed by atoms with Gasteiger partial charge in [-0.1, -0.05) is 12.1 Å². The van der Waals surface area contributed by atoms with E-state index < -0.39 is 0 Å². The number of nitrogens with one attached hydrogen (secondary N) is 3. The van der Waals surface area contributed by atoms with E-state index >= 15 is 0 Å². The van der Waals surface area contributed by atoms with Gasteiger partial charge in [0.15, 0.2) is 0 Å². The summed E-state index contributed by atoms with van der Waals surface area (Å²) in [6, 6.07) is 7.05. The van der Waals surface area contributed by atoms with Gasteiger partial charge in [-0.15, -0.1) is 0 Å². The maximum atomic E-state index is 11.6. The van der Waals surface area contributed by atoms with E-state index in [4.69, 9.17) is 5.73 Å². The van der Waals surface area contributed by atoms with E-state index in [0.29, 0.717) is 18.8 Å². The molecule has 1 rings (SSSR count). The van der Waals surface area contributed by atoms with Crippen LogP contribution in [0, 0.1) is 0 Å². The number of carbonyl (C=O) groups is 2. The van der Waals surface area contributed by atoms with E-state index in [1.165, 1.54) is 0 Å². The van der Waals surface area contributed by atoms with Gasteiger partial charge in [-0.25, -0.2) is 4.79 Å². The predicted octanol–water partition coefficient (Wildman–Crippen LogP) is 1.18. The van der Waals surface area contributed by atoms with Gasteiger partial charge in [0.25, 0.3) is 0 Å². The fourth-order valence-electron chi connectivity index (χ4n) is 1.58. The maximum Gasteiger partial charge on any atom is 0.319 e. The van der Waals surface area contributed by atoms with Crippen LogP contribution in [0.4, 0.5) is 10.5 Å². The minimum atomic E-state index is -0.331. The molecule has 0 saturated heterocycles. The van der Waals surface area contributed by atoms with Crippen LogP contribution in [0.15, 0.2) is 24.3 Å². The van der Waals surface area contributed by atoms with Gasteiger partial charge in [0.1, 0.15) is 0 Å². The number of benzene rings is 1. The molecule has 0 fully saturated rings. The third kappa shape index (κ3) is 6.19. The molecule has 20 heavy (non-hydrogen) atoms. The zero-order valence-corrected chi connectivity index (χ0v) is 11.9. The molecule has 1 aromatic rings. The Morgan fingerprint density at radius 1 is 1.20 bits per heavy atom. The first-order chi connectivity index (χ1) is 9.51. The summed E-state index contributed by atoms with van der Waals surface area (Å²) in [5.41, 5.74) is 7.18. The van der Waals surface area contributed by atoms with Crippen molar-refractivity contribution in [3.63, 3.8) is 0 Å². The smallest absolute Gasteiger partial charge is 0.319 e. The summed E-state index contributed by atoms with van der Waals surface area (Å²) >= 11 is 0. The normalized spacial score (nSPS) is 10.2. The summed E-state index contributed by atoms with van der Waals surface area (Å²) in [5.74, 6) is -0.0763. The number of urea groups is 1. The molecule has 3 amide bonds. The van der Waals surface area contributed by atoms with E-state index in [1.807, 2.05) is 26.0 Å². The highest BCUT2D eigenvalue weighted by molar-refractivity contribution is 5.89. The van der Waals surface area contributed by atoms with Gasteiger partial charge in [-0.3, -0.25) is 4.79 Å². The molecular formula is C14H22N4O2. The Labute approximate surface area is 119 Å². The summed E-state index contributed by atoms with van der Waals surface area (Å²) in [5, 5.41) is 8.07. The van der Waals surface area contributed by atoms with Gasteiger partial charge < -0.3 is 21.7 Å². The third-order valence-electron chi connectivity index (χ3n) is 2.53. The Morgan fingerprint density at radius 3 is 2.40 bits per heavy atom. The number of nitrogens with two attached hydrogens (primary N) is 1. The molecule has 6 nitrogen and oxygen atoms in total. The number of hydrogen-bond donors (Lipinski definition) is 4. The summed E-state index contributed by atoms with van der Waals surface area (Å²) < 4.78 is 0. The molecule has 0 aliphatic rings. The molecule has 0 aliphatic heterocycles. The average Bonchev–Trinajstić information content (AvgIpc) is 2.38. The molecule has 0 saturated carbocycles. The summed E-state index contributed by atoms with van der Waals surface area (Å²) in [4.78, 5) is 23.0. The molecule has 6 heteroatoms. The van der Waals surface area contributed by atoms with Crippen molar-refractivity contribution in [3.8, 4) is 0 Å². The van der Waals surface area contributed by atoms with Crippen LogP contribution in [0.3, 0.4) is 0 Å². The van der Waals surface area contributed by atoms with Crippen molar-refractivity contribution in [2.45, 2.75) is 32.9 Å². The zero-order chi connectivity index (χ0) is 15.0. The number of carbonyl (C=O) groups excluding carboxylic acids is 2. The highest BCUT2D eigenvalue weighted by atomic mass is 16.2. The van der Waals surface area contributed by atoms with Crippen LogP contribution in [0.25, 0.3) is 0 Å². The van der Waals surface area contributed by atoms with Crippen molar-refractivity contribution in [1.82, 2.24) is 10.6 Å². The lowest BCUT2D eigenvalue weighted by molar-refractivity contribution is -0.121. The van der Waals surface area contributed by atoms with Gasteiger partial charge in [-0.05, 0) is 31.5 Å². The third-order valence-corrected chi connectivity index (χ3v) is 2.53. The van der Waals surface area contributed by atoms with Gasteiger partial charge in [0, 0.05) is 31.2 Å². The lowest BCUT2D eigenvalue weighted by Gasteiger charge is -2.10. The topological polar surface area (TPSA) is 96.2 Å². The number of rotatable bonds is 6. The SMILES string of the molecule is CC(C)NC(=O)CCNC(=O)Nc1ccc(CN)cc1. The van der Waals surface area contributed by atoms with Crippen molar-refractivity contribution in [2.75, 3.05) is 11.9 Å². The minimum Gasteiger partial charge on any atom is -0.354 e. The molecular weight excluding hydrogens is 256 g/mol. The zero-order valence-electron chi connectivity index (χ0n) is 11.9. The van der Waals surface area contributed by atoms with E-state index in [2.05, 4.69) is 16.0 Å². The van der Waals surface area contributed by atoms with Crippen LogP contribution in [0.5, 0.6) is 0 Å². The second kappa shape index (κ2) is 8.16. The van der Waals surface area contributed by atoms with Crippen LogP contribution in [-0.4, -0.2) is 24.5 Å². The number of hydrogen-bond acceptors (Lipinski definition) is 3. The highest BCUT2D eigenvalue weighted by Crippen LogP contribution is 2.08. The van der Waals surface area contributed by atoms with Gasteiger partial charge in [0.2, 0.25) is 5.91 Å². The van der Waals surface area contributed by atoms with Gasteiger partial charge in [-0.2, -0.15) is 0 Å². The van der Waals surface area contributed by atoms with Gasteiger partial charge in [0.05, 0.1) is 0 Å². The predicted molar refractivity (Wildman–Crippen MR) is 79.3 cm³/mol. The number of anilines is 1. The van der Waals surface area contributed by atoms with Crippen LogP contribution in [0.1, 0.15) is 25.8 Å². The first-order valence-electron chi connectivity index (χ1n) is 6.64. The van der Waals surface area contributed by atoms with Crippen LogP contribution < -0.4 is 21.7 Å². The van der Waals surface area contributed by atoms with E-state index in [9.17, 15) is 9.59 Å². The Bertz CT molecular complexity index is 443. The average molecular weight is 278 g/mol. The Kier molecular flexibility index (Phi) is 6.52. The molecule has 1 aromatic carbocycles. The summed E-state index contributed by atoms with van der Waals surface area (Å²) in [7, 11) is 0. The first-order valence-corrected chi connectivity index (χ1v) is 6.64. The van der Waals surface area contributed by atoms with Crippen molar-refractivity contribution in [3.05, 3.63) is 29.8 Å². The molecule has 0 heterocycles. The fourth-order valence-corrected chi connectivity index (χ4v) is 1.58. The lowest BCUT2D eigenvalue weighted by Crippen LogP contribution is -2.35. The quantitative estimate of drug-likeness (QED) is 0.629. The van der Waals surface area contributed by atoms with E-state index in [0.717, 1.165) is 5.56 Å². The minimum absolute atomic E-state index is 0.0763. The largest absolute Gasteiger partial charge is 0.354 e. The Morgan fingerprint density at radius 2 is 1.85 bits per heavy atom. The molecule has 0 aliphatic carbocycles. The van der Waals surface area contributed by atoms with Crippen LogP contribution >= 0.6 is 0 Å². The second-order valence-corrected chi connectivity index (χ2v) is 4.75. The van der Waals surface area contributed by atoms with Crippen molar-refractivity contribution < 1.29 is 9.59 Å². The Hall–Kier alpha value is -2.08. The van der Waals surface area contributed by atoms with Gasteiger partial charge >= 0.3 is 6.03 Å². The molecule has 5 N–H and O–H groups in total. The number of amides is 3. The molecule has 0 unspecified atom stereocenters. The van der Waals surface area contributed by atoms with E-state index in [-0.39, 0.29) is 24.4 Å². The standard InChI is InChI=1S/C14H22N4O2/c1-10(2)17-13(19)7-8-16-14(20)18-12-5-3-11(9-15)4-6-12/h3-6,10H,7-9,15H2,1-2H3,(H,17,19)(H2,16,18,20). The fraction of sp³-hybridized carbons (Fsp3) is 0.429. The maximum absolute atomic E-state index is 11.6. The molecule has 0 atom stereocenters. The monoisotopic (exact) mass is 278 g/mol. The molecule has 110 valence electrons. The molecule has 0 bridgehead atoms. The molecule has 0 spiro atoms. The Balaban J connectivity index is 2.27. The lowest BCUT2D eigenvalue weighted by atomic mass is 10.2. The molecule has 0 radical (unpaired) electrons. The van der Waals surface area contributed by atoms with Crippen LogP contribution in [-0.2, 0) is 11.3 Å². The van der Waals surface area contributed by atoms with Crippen molar-refractivity contribution >= 4 is 17.6 Å². The van der Waals surface area contributed by atoms with Crippen molar-refractivity contribution in [2.24, 2.45) is 5.73 Å². The molecule has 0 aromatic heterocycles. The highest BCUT2D eigenvalue weighted by Gasteiger charge is 2.05. The van der Waals surface area contributed by atoms with Crippen molar-refractivity contribution in [1.29, 1.82) is 0 Å². The van der Waals surface area contributed by atoms with E-state index in [1.54, 1.807) is 12.1 Å². The second-order valence-electron chi connectivity index (χ2n) is 4.75. The van der Waals surface area contributed by atoms with Crippen LogP contribution in [0.2, 0.25) is 0 Å². The summed E-state index contributed by atoms with van der Waals surface area (Å²) in [6.45, 7) is 4.55. The summed E-state index contributed by atoms with van der Waals surface area (Å²) in [6.07, 6.45) is 0.262. The first kappa shape index (κ1) is 16.0.